The molecule has 1 N–H and O–H groups in total. The van der Waals surface area contributed by atoms with E-state index in [1.54, 1.807) is 49.4 Å². The van der Waals surface area contributed by atoms with Gasteiger partial charge < -0.3 is 10.1 Å². The van der Waals surface area contributed by atoms with Crippen molar-refractivity contribution in [3.63, 3.8) is 0 Å². The molecule has 0 saturated carbocycles. The molecule has 0 aliphatic carbocycles. The third-order valence-electron chi connectivity index (χ3n) is 4.22. The molecule has 0 unspecified atom stereocenters. The quantitative estimate of drug-likeness (QED) is 0.486. The van der Waals surface area contributed by atoms with Gasteiger partial charge in [0.2, 0.25) is 6.10 Å². The van der Waals surface area contributed by atoms with Gasteiger partial charge in [-0.25, -0.2) is 0 Å². The van der Waals surface area contributed by atoms with Crippen molar-refractivity contribution < 1.29 is 14.5 Å². The van der Waals surface area contributed by atoms with Crippen molar-refractivity contribution in [2.24, 2.45) is 0 Å². The molecule has 1 atom stereocenters. The second kappa shape index (κ2) is 8.35. The highest BCUT2D eigenvalue weighted by atomic mass is 16.6. The fraction of sp³-hybridized carbons (Fsp3) is 0.136. The van der Waals surface area contributed by atoms with Gasteiger partial charge in [0.25, 0.3) is 5.91 Å². The zero-order chi connectivity index (χ0) is 20.1. The van der Waals surface area contributed by atoms with Crippen LogP contribution in [0.25, 0.3) is 0 Å². The van der Waals surface area contributed by atoms with E-state index < -0.39 is 16.9 Å². The summed E-state index contributed by atoms with van der Waals surface area (Å²) in [5, 5.41) is 14.2. The Morgan fingerprint density at radius 2 is 1.61 bits per heavy atom. The van der Waals surface area contributed by atoms with Crippen LogP contribution in [0.1, 0.15) is 22.8 Å². The number of benzene rings is 3. The Morgan fingerprint density at radius 1 is 0.964 bits per heavy atom. The van der Waals surface area contributed by atoms with Crippen LogP contribution in [0.2, 0.25) is 0 Å². The Bertz CT molecular complexity index is 985. The summed E-state index contributed by atoms with van der Waals surface area (Å²) in [5.74, 6) is -0.367. The molecule has 6 heteroatoms. The Balaban J connectivity index is 1.93. The van der Waals surface area contributed by atoms with Crippen molar-refractivity contribution in [2.75, 3.05) is 5.32 Å². The smallest absolute Gasteiger partial charge is 0.311 e. The van der Waals surface area contributed by atoms with Crippen LogP contribution in [0, 0.1) is 24.0 Å². The van der Waals surface area contributed by atoms with Crippen molar-refractivity contribution in [1.29, 1.82) is 0 Å². The fourth-order valence-corrected chi connectivity index (χ4v) is 2.74. The van der Waals surface area contributed by atoms with Gasteiger partial charge in [-0.1, -0.05) is 54.1 Å². The number of carbonyl (C=O) groups excluding carboxylic acids is 1. The lowest BCUT2D eigenvalue weighted by Gasteiger charge is -2.19. The molecular formula is C22H20N2O4. The number of ether oxygens (including phenoxy) is 1. The molecule has 0 heterocycles. The molecule has 0 aliphatic rings. The zero-order valence-corrected chi connectivity index (χ0v) is 15.6. The Hall–Kier alpha value is -3.67. The first-order valence-corrected chi connectivity index (χ1v) is 8.78. The van der Waals surface area contributed by atoms with Crippen LogP contribution >= 0.6 is 0 Å². The predicted octanol–water partition coefficient (Wildman–Crippen LogP) is 4.97. The largest absolute Gasteiger partial charge is 0.469 e. The molecule has 6 nitrogen and oxygen atoms in total. The summed E-state index contributed by atoms with van der Waals surface area (Å²) < 4.78 is 5.85. The van der Waals surface area contributed by atoms with Crippen molar-refractivity contribution in [3.8, 4) is 5.75 Å². The molecule has 3 aromatic carbocycles. The minimum atomic E-state index is -1.04. The Labute approximate surface area is 162 Å². The number of nitrogens with zero attached hydrogens (tertiary/aromatic N) is 1. The summed E-state index contributed by atoms with van der Waals surface area (Å²) in [6.45, 7) is 3.72. The van der Waals surface area contributed by atoms with Gasteiger partial charge in [0.15, 0.2) is 5.75 Å². The van der Waals surface area contributed by atoms with E-state index in [1.165, 1.54) is 12.1 Å². The highest BCUT2D eigenvalue weighted by Gasteiger charge is 2.26. The molecule has 0 spiro atoms. The van der Waals surface area contributed by atoms with E-state index in [1.807, 2.05) is 25.1 Å². The van der Waals surface area contributed by atoms with Crippen LogP contribution in [0.3, 0.4) is 0 Å². The average Bonchev–Trinajstić information content (AvgIpc) is 2.69. The van der Waals surface area contributed by atoms with Crippen molar-refractivity contribution in [3.05, 3.63) is 99.6 Å². The van der Waals surface area contributed by atoms with Gasteiger partial charge in [-0.05, 0) is 37.6 Å². The SMILES string of the molecule is Cc1ccc(NC(=O)[C@@H](Oc2ccc(C)cc2[N+](=O)[O-])c2ccccc2)cc1. The molecule has 28 heavy (non-hydrogen) atoms. The van der Waals surface area contributed by atoms with Crippen LogP contribution < -0.4 is 10.1 Å². The highest BCUT2D eigenvalue weighted by molar-refractivity contribution is 5.95. The van der Waals surface area contributed by atoms with E-state index in [4.69, 9.17) is 4.74 Å². The predicted molar refractivity (Wildman–Crippen MR) is 107 cm³/mol. The van der Waals surface area contributed by atoms with E-state index in [2.05, 4.69) is 5.32 Å². The number of nitro benzene ring substituents is 1. The summed E-state index contributed by atoms with van der Waals surface area (Å²) >= 11 is 0. The number of carbonyl (C=O) groups is 1. The number of aryl methyl sites for hydroxylation is 2. The second-order valence-corrected chi connectivity index (χ2v) is 6.49. The fourth-order valence-electron chi connectivity index (χ4n) is 2.74. The van der Waals surface area contributed by atoms with Crippen molar-refractivity contribution in [1.82, 2.24) is 0 Å². The van der Waals surface area contributed by atoms with E-state index in [-0.39, 0.29) is 11.4 Å². The third kappa shape index (κ3) is 4.54. The molecule has 0 aliphatic heterocycles. The van der Waals surface area contributed by atoms with Gasteiger partial charge in [0.1, 0.15) is 0 Å². The molecular weight excluding hydrogens is 356 g/mol. The summed E-state index contributed by atoms with van der Waals surface area (Å²) in [6.07, 6.45) is -1.04. The third-order valence-corrected chi connectivity index (χ3v) is 4.22. The zero-order valence-electron chi connectivity index (χ0n) is 15.6. The van der Waals surface area contributed by atoms with Gasteiger partial charge in [0.05, 0.1) is 4.92 Å². The van der Waals surface area contributed by atoms with E-state index in [0.717, 1.165) is 11.1 Å². The van der Waals surface area contributed by atoms with Crippen LogP contribution in [0.15, 0.2) is 72.8 Å². The number of hydrogen-bond donors (Lipinski definition) is 1. The number of anilines is 1. The van der Waals surface area contributed by atoms with Crippen molar-refractivity contribution in [2.45, 2.75) is 20.0 Å². The average molecular weight is 376 g/mol. The minimum Gasteiger partial charge on any atom is -0.469 e. The maximum Gasteiger partial charge on any atom is 0.311 e. The van der Waals surface area contributed by atoms with Gasteiger partial charge >= 0.3 is 5.69 Å². The molecule has 142 valence electrons. The number of nitro groups is 1. The topological polar surface area (TPSA) is 81.5 Å². The monoisotopic (exact) mass is 376 g/mol. The first-order chi connectivity index (χ1) is 13.4. The molecule has 3 aromatic rings. The van der Waals surface area contributed by atoms with Crippen LogP contribution in [0.5, 0.6) is 5.75 Å². The Kier molecular flexibility index (Phi) is 5.69. The summed E-state index contributed by atoms with van der Waals surface area (Å²) in [7, 11) is 0. The minimum absolute atomic E-state index is 0.0449. The highest BCUT2D eigenvalue weighted by Crippen LogP contribution is 2.32. The number of nitrogens with one attached hydrogen (secondary N) is 1. The first-order valence-electron chi connectivity index (χ1n) is 8.78. The van der Waals surface area contributed by atoms with Gasteiger partial charge in [-0.3, -0.25) is 14.9 Å². The van der Waals surface area contributed by atoms with Gasteiger partial charge in [-0.2, -0.15) is 0 Å². The summed E-state index contributed by atoms with van der Waals surface area (Å²) in [6, 6.07) is 20.9. The second-order valence-electron chi connectivity index (χ2n) is 6.49. The number of rotatable bonds is 6. The van der Waals surface area contributed by atoms with Crippen LogP contribution in [-0.4, -0.2) is 10.8 Å². The maximum atomic E-state index is 12.9. The standard InChI is InChI=1S/C22H20N2O4/c1-15-8-11-18(12-9-15)23-22(25)21(17-6-4-3-5-7-17)28-20-13-10-16(2)14-19(20)24(26)27/h3-14,21H,1-2H3,(H,23,25)/t21-/m0/s1. The first kappa shape index (κ1) is 19.1. The molecule has 0 bridgehead atoms. The van der Waals surface area contributed by atoms with Gasteiger partial charge in [0, 0.05) is 17.3 Å². The molecule has 0 radical (unpaired) electrons. The molecule has 0 saturated heterocycles. The van der Waals surface area contributed by atoms with Crippen LogP contribution in [-0.2, 0) is 4.79 Å². The lowest BCUT2D eigenvalue weighted by Crippen LogP contribution is -2.26. The van der Waals surface area contributed by atoms with Crippen LogP contribution in [0.4, 0.5) is 11.4 Å². The van der Waals surface area contributed by atoms with E-state index in [9.17, 15) is 14.9 Å². The maximum absolute atomic E-state index is 12.9. The number of amides is 1. The summed E-state index contributed by atoms with van der Waals surface area (Å²) in [5.41, 5.74) is 2.85. The lowest BCUT2D eigenvalue weighted by atomic mass is 10.1. The van der Waals surface area contributed by atoms with Crippen molar-refractivity contribution >= 4 is 17.3 Å². The number of hydrogen-bond acceptors (Lipinski definition) is 4. The molecule has 0 aromatic heterocycles. The normalized spacial score (nSPS) is 11.5. The molecule has 0 fully saturated rings. The summed E-state index contributed by atoms with van der Waals surface area (Å²) in [4.78, 5) is 23.8. The van der Waals surface area contributed by atoms with E-state index in [0.29, 0.717) is 11.3 Å². The molecule has 1 amide bonds. The molecule has 3 rings (SSSR count). The lowest BCUT2D eigenvalue weighted by molar-refractivity contribution is -0.386. The Morgan fingerprint density at radius 3 is 2.25 bits per heavy atom. The van der Waals surface area contributed by atoms with E-state index >= 15 is 0 Å². The van der Waals surface area contributed by atoms with Gasteiger partial charge in [-0.15, -0.1) is 0 Å².